The first-order chi connectivity index (χ1) is 9.54. The molecule has 7 heteroatoms. The van der Waals surface area contributed by atoms with Crippen LogP contribution in [-0.4, -0.2) is 36.0 Å². The number of rotatable bonds is 1. The largest absolute Gasteiger partial charge is 0.337 e. The number of carbonyl (C=O) groups is 1. The maximum Gasteiger partial charge on any atom is 0.255 e. The molecule has 2 bridgehead atoms. The predicted molar refractivity (Wildman–Crippen MR) is 79.1 cm³/mol. The van der Waals surface area contributed by atoms with E-state index < -0.39 is 11.6 Å². The molecule has 2 unspecified atom stereocenters. The molecule has 0 aliphatic carbocycles. The highest BCUT2D eigenvalue weighted by Crippen LogP contribution is 2.25. The maximum absolute atomic E-state index is 13.3. The minimum absolute atomic E-state index is 0. The summed E-state index contributed by atoms with van der Waals surface area (Å²) in [7, 11) is 0. The van der Waals surface area contributed by atoms with Gasteiger partial charge >= 0.3 is 0 Å². The summed E-state index contributed by atoms with van der Waals surface area (Å²) in [5, 5.41) is 3.42. The highest BCUT2D eigenvalue weighted by molar-refractivity contribution is 6.33. The van der Waals surface area contributed by atoms with Gasteiger partial charge in [0.2, 0.25) is 0 Å². The number of nitrogens with zero attached hydrogens (tertiary/aromatic N) is 1. The predicted octanol–water partition coefficient (Wildman–Crippen LogP) is 3.01. The van der Waals surface area contributed by atoms with Crippen molar-refractivity contribution in [3.8, 4) is 0 Å². The number of halogens is 4. The molecular weight excluding hydrogens is 321 g/mol. The monoisotopic (exact) mass is 336 g/mol. The van der Waals surface area contributed by atoms with E-state index in [1.165, 1.54) is 0 Å². The van der Waals surface area contributed by atoms with Crippen molar-refractivity contribution in [2.24, 2.45) is 0 Å². The van der Waals surface area contributed by atoms with Gasteiger partial charge in [-0.05, 0) is 31.4 Å². The summed E-state index contributed by atoms with van der Waals surface area (Å²) in [5.74, 6) is -2.42. The van der Waals surface area contributed by atoms with Crippen LogP contribution in [0, 0.1) is 11.6 Å². The Balaban J connectivity index is 0.00000161. The van der Waals surface area contributed by atoms with Gasteiger partial charge in [0.1, 0.15) is 0 Å². The van der Waals surface area contributed by atoms with E-state index in [4.69, 9.17) is 11.6 Å². The Morgan fingerprint density at radius 1 is 1.19 bits per heavy atom. The van der Waals surface area contributed by atoms with E-state index in [2.05, 4.69) is 5.32 Å². The lowest BCUT2D eigenvalue weighted by Gasteiger charge is -2.24. The average Bonchev–Trinajstić information content (AvgIpc) is 2.73. The SMILES string of the molecule is Cl.O=C(c1cc(F)c(F)cc1Cl)N1CCC2CCC(C1)N2. The van der Waals surface area contributed by atoms with Crippen molar-refractivity contribution in [1.82, 2.24) is 10.2 Å². The van der Waals surface area contributed by atoms with Crippen molar-refractivity contribution in [3.63, 3.8) is 0 Å². The normalized spacial score (nSPS) is 24.4. The Labute approximate surface area is 133 Å². The Hall–Kier alpha value is -0.910. The molecule has 3 nitrogen and oxygen atoms in total. The lowest BCUT2D eigenvalue weighted by Crippen LogP contribution is -2.39. The number of amides is 1. The quantitative estimate of drug-likeness (QED) is 0.799. The Bertz CT molecular complexity index is 556. The number of benzene rings is 1. The lowest BCUT2D eigenvalue weighted by molar-refractivity contribution is 0.0747. The summed E-state index contributed by atoms with van der Waals surface area (Å²) in [6.07, 6.45) is 3.06. The highest BCUT2D eigenvalue weighted by atomic mass is 35.5. The number of fused-ring (bicyclic) bond motifs is 2. The van der Waals surface area contributed by atoms with Gasteiger partial charge in [0.15, 0.2) is 11.6 Å². The Kier molecular flexibility index (Phi) is 5.07. The molecule has 21 heavy (non-hydrogen) atoms. The molecule has 3 rings (SSSR count). The first kappa shape index (κ1) is 16.5. The fraction of sp³-hybridized carbons (Fsp3) is 0.500. The zero-order valence-corrected chi connectivity index (χ0v) is 12.8. The summed E-state index contributed by atoms with van der Waals surface area (Å²) in [4.78, 5) is 14.1. The molecule has 2 atom stereocenters. The molecule has 2 heterocycles. The average molecular weight is 337 g/mol. The fourth-order valence-corrected chi connectivity index (χ4v) is 3.22. The van der Waals surface area contributed by atoms with Crippen LogP contribution in [0.4, 0.5) is 8.78 Å². The molecule has 1 aromatic rings. The van der Waals surface area contributed by atoms with Crippen molar-refractivity contribution < 1.29 is 13.6 Å². The molecule has 116 valence electrons. The van der Waals surface area contributed by atoms with Gasteiger partial charge in [0.25, 0.3) is 5.91 Å². The van der Waals surface area contributed by atoms with Crippen LogP contribution in [0.5, 0.6) is 0 Å². The summed E-state index contributed by atoms with van der Waals surface area (Å²) in [6.45, 7) is 1.20. The van der Waals surface area contributed by atoms with E-state index in [1.807, 2.05) is 0 Å². The first-order valence-electron chi connectivity index (χ1n) is 6.74. The van der Waals surface area contributed by atoms with E-state index in [9.17, 15) is 13.6 Å². The van der Waals surface area contributed by atoms with Crippen molar-refractivity contribution in [2.45, 2.75) is 31.3 Å². The van der Waals surface area contributed by atoms with Crippen LogP contribution in [0.1, 0.15) is 29.6 Å². The fourth-order valence-electron chi connectivity index (χ4n) is 2.98. The molecule has 1 N–H and O–H groups in total. The van der Waals surface area contributed by atoms with E-state index >= 15 is 0 Å². The second-order valence-electron chi connectivity index (χ2n) is 5.42. The number of carbonyl (C=O) groups excluding carboxylic acids is 1. The van der Waals surface area contributed by atoms with Crippen LogP contribution < -0.4 is 5.32 Å². The maximum atomic E-state index is 13.3. The summed E-state index contributed by atoms with van der Waals surface area (Å²) < 4.78 is 26.4. The van der Waals surface area contributed by atoms with Crippen LogP contribution in [-0.2, 0) is 0 Å². The van der Waals surface area contributed by atoms with Gasteiger partial charge in [0, 0.05) is 25.2 Å². The lowest BCUT2D eigenvalue weighted by atomic mass is 10.1. The topological polar surface area (TPSA) is 32.3 Å². The molecule has 0 spiro atoms. The van der Waals surface area contributed by atoms with Crippen molar-refractivity contribution in [3.05, 3.63) is 34.4 Å². The minimum atomic E-state index is -1.05. The van der Waals surface area contributed by atoms with Crippen LogP contribution in [0.15, 0.2) is 12.1 Å². The third-order valence-electron chi connectivity index (χ3n) is 4.05. The molecule has 1 aromatic carbocycles. The van der Waals surface area contributed by atoms with Crippen LogP contribution in [0.2, 0.25) is 5.02 Å². The van der Waals surface area contributed by atoms with Gasteiger partial charge in [-0.2, -0.15) is 0 Å². The van der Waals surface area contributed by atoms with Crippen molar-refractivity contribution in [2.75, 3.05) is 13.1 Å². The summed E-state index contributed by atoms with van der Waals surface area (Å²) in [5.41, 5.74) is 0.0309. The third kappa shape index (κ3) is 3.30. The van der Waals surface area contributed by atoms with Crippen molar-refractivity contribution >= 4 is 29.9 Å². The van der Waals surface area contributed by atoms with Gasteiger partial charge < -0.3 is 10.2 Å². The molecule has 2 saturated heterocycles. The highest BCUT2D eigenvalue weighted by Gasteiger charge is 2.32. The molecule has 2 aliphatic rings. The van der Waals surface area contributed by atoms with E-state index in [0.717, 1.165) is 31.4 Å². The van der Waals surface area contributed by atoms with Gasteiger partial charge in [-0.1, -0.05) is 11.6 Å². The number of hydrogen-bond donors (Lipinski definition) is 1. The first-order valence-corrected chi connectivity index (χ1v) is 7.12. The van der Waals surface area contributed by atoms with Crippen molar-refractivity contribution in [1.29, 1.82) is 0 Å². The van der Waals surface area contributed by atoms with E-state index in [0.29, 0.717) is 19.1 Å². The second-order valence-corrected chi connectivity index (χ2v) is 5.83. The summed E-state index contributed by atoms with van der Waals surface area (Å²) >= 11 is 5.87. The zero-order chi connectivity index (χ0) is 14.3. The van der Waals surface area contributed by atoms with E-state index in [1.54, 1.807) is 4.90 Å². The zero-order valence-electron chi connectivity index (χ0n) is 11.2. The second kappa shape index (κ2) is 6.46. The van der Waals surface area contributed by atoms with Gasteiger partial charge in [-0.15, -0.1) is 12.4 Å². The molecule has 1 amide bonds. The van der Waals surface area contributed by atoms with Crippen LogP contribution in [0.25, 0.3) is 0 Å². The number of likely N-dealkylation sites (tertiary alicyclic amines) is 1. The smallest absolute Gasteiger partial charge is 0.255 e. The third-order valence-corrected chi connectivity index (χ3v) is 4.36. The molecular formula is C14H16Cl2F2N2O. The van der Waals surface area contributed by atoms with Crippen LogP contribution >= 0.6 is 24.0 Å². The van der Waals surface area contributed by atoms with Crippen LogP contribution in [0.3, 0.4) is 0 Å². The molecule has 2 fully saturated rings. The van der Waals surface area contributed by atoms with Gasteiger partial charge in [0.05, 0.1) is 10.6 Å². The number of hydrogen-bond acceptors (Lipinski definition) is 2. The number of nitrogens with one attached hydrogen (secondary N) is 1. The summed E-state index contributed by atoms with van der Waals surface area (Å²) in [6, 6.07) is 2.48. The molecule has 0 aromatic heterocycles. The van der Waals surface area contributed by atoms with Gasteiger partial charge in [-0.3, -0.25) is 4.79 Å². The molecule has 0 saturated carbocycles. The van der Waals surface area contributed by atoms with E-state index in [-0.39, 0.29) is 34.9 Å². The standard InChI is InChI=1S/C14H15ClF2N2O.ClH/c15-11-6-13(17)12(16)5-10(11)14(20)19-4-3-8-1-2-9(7-19)18-8;/h5-6,8-9,18H,1-4,7H2;1H. The minimum Gasteiger partial charge on any atom is -0.337 e. The van der Waals surface area contributed by atoms with Gasteiger partial charge in [-0.25, -0.2) is 8.78 Å². The Morgan fingerprint density at radius 3 is 2.62 bits per heavy atom. The Morgan fingerprint density at radius 2 is 1.86 bits per heavy atom. The molecule has 2 aliphatic heterocycles. The molecule has 0 radical (unpaired) electrons.